The van der Waals surface area contributed by atoms with Crippen molar-refractivity contribution in [1.29, 1.82) is 0 Å². The smallest absolute Gasteiger partial charge is 0.547 e. The van der Waals surface area contributed by atoms with Crippen molar-refractivity contribution >= 4 is 17.9 Å². The molecule has 0 atom stereocenters. The first-order valence-corrected chi connectivity index (χ1v) is 2.70. The van der Waals surface area contributed by atoms with Gasteiger partial charge in [0.25, 0.3) is 0 Å². The fourth-order valence-corrected chi connectivity index (χ4v) is 0.387. The molecule has 0 rings (SSSR count). The second-order valence-electron chi connectivity index (χ2n) is 1.72. The van der Waals surface area contributed by atoms with E-state index in [1.54, 1.807) is 0 Å². The van der Waals surface area contributed by atoms with Crippen LogP contribution in [0.15, 0.2) is 0 Å². The zero-order valence-electron chi connectivity index (χ0n) is 7.68. The van der Waals surface area contributed by atoms with Crippen LogP contribution in [0.2, 0.25) is 0 Å². The summed E-state index contributed by atoms with van der Waals surface area (Å²) in [6.07, 6.45) is -2.35. The molecular weight excluding hydrogens is 218 g/mol. The zero-order valence-corrected chi connectivity index (χ0v) is 11.7. The van der Waals surface area contributed by atoms with E-state index in [1.807, 2.05) is 0 Å². The molecule has 0 fully saturated rings. The van der Waals surface area contributed by atoms with Crippen molar-refractivity contribution in [2.75, 3.05) is 6.61 Å². The SMILES string of the molecule is O=C(O)COC(C(=O)[O-])C(=O)[O-].[Na+].[Na+]. The van der Waals surface area contributed by atoms with Gasteiger partial charge in [-0.2, -0.15) is 0 Å². The average Bonchev–Trinajstić information content (AvgIpc) is 1.84. The van der Waals surface area contributed by atoms with Crippen molar-refractivity contribution in [3.8, 4) is 0 Å². The Hall–Kier alpha value is 0.370. The van der Waals surface area contributed by atoms with Gasteiger partial charge in [0.1, 0.15) is 12.7 Å². The van der Waals surface area contributed by atoms with Crippen LogP contribution in [0, 0.1) is 0 Å². The fraction of sp³-hybridized carbons (Fsp3) is 0.400. The standard InChI is InChI=1S/C5H6O7.2Na/c6-2(7)1-12-3(4(8)9)5(10)11;;/h3H,1H2,(H,6,7)(H,8,9)(H,10,11);;/q;2*+1/p-2. The number of rotatable bonds is 5. The van der Waals surface area contributed by atoms with Crippen molar-refractivity contribution in [2.24, 2.45) is 0 Å². The average molecular weight is 222 g/mol. The zero-order chi connectivity index (χ0) is 9.72. The molecule has 0 aliphatic carbocycles. The predicted octanol–water partition coefficient (Wildman–Crippen LogP) is -10.0. The van der Waals surface area contributed by atoms with Crippen LogP contribution in [-0.2, 0) is 19.1 Å². The molecule has 1 N–H and O–H groups in total. The van der Waals surface area contributed by atoms with Crippen molar-refractivity contribution in [2.45, 2.75) is 6.10 Å². The van der Waals surface area contributed by atoms with Crippen molar-refractivity contribution in [1.82, 2.24) is 0 Å². The Labute approximate surface area is 123 Å². The number of carboxylic acids is 3. The molecule has 0 aromatic carbocycles. The van der Waals surface area contributed by atoms with Crippen LogP contribution >= 0.6 is 0 Å². The van der Waals surface area contributed by atoms with E-state index < -0.39 is 30.6 Å². The maximum absolute atomic E-state index is 9.90. The maximum atomic E-state index is 9.90. The summed E-state index contributed by atoms with van der Waals surface area (Å²) >= 11 is 0. The number of carbonyl (C=O) groups is 3. The summed E-state index contributed by atoms with van der Waals surface area (Å²) in [7, 11) is 0. The first-order chi connectivity index (χ1) is 5.45. The van der Waals surface area contributed by atoms with E-state index in [-0.39, 0.29) is 59.1 Å². The third-order valence-electron chi connectivity index (χ3n) is 0.802. The normalized spacial score (nSPS) is 8.36. The van der Waals surface area contributed by atoms with Crippen LogP contribution < -0.4 is 69.3 Å². The molecule has 0 saturated carbocycles. The molecule has 7 nitrogen and oxygen atoms in total. The molecule has 0 aliphatic heterocycles. The minimum absolute atomic E-state index is 0. The van der Waals surface area contributed by atoms with E-state index in [4.69, 9.17) is 5.11 Å². The topological polar surface area (TPSA) is 127 Å². The molecule has 0 heterocycles. The monoisotopic (exact) mass is 222 g/mol. The third kappa shape index (κ3) is 8.95. The van der Waals surface area contributed by atoms with Crippen molar-refractivity contribution in [3.05, 3.63) is 0 Å². The quantitative estimate of drug-likeness (QED) is 0.361. The molecular formula is C5H4Na2O7. The molecule has 14 heavy (non-hydrogen) atoms. The summed E-state index contributed by atoms with van der Waals surface area (Å²) in [6.45, 7) is -1.04. The molecule has 0 spiro atoms. The summed E-state index contributed by atoms with van der Waals surface area (Å²) in [5.41, 5.74) is 0. The van der Waals surface area contributed by atoms with Crippen LogP contribution in [-0.4, -0.2) is 35.7 Å². The van der Waals surface area contributed by atoms with Gasteiger partial charge in [0, 0.05) is 0 Å². The summed E-state index contributed by atoms with van der Waals surface area (Å²) < 4.78 is 3.90. The Morgan fingerprint density at radius 3 is 1.71 bits per heavy atom. The molecule has 0 saturated heterocycles. The Morgan fingerprint density at radius 2 is 1.50 bits per heavy atom. The molecule has 68 valence electrons. The van der Waals surface area contributed by atoms with Gasteiger partial charge in [-0.15, -0.1) is 0 Å². The van der Waals surface area contributed by atoms with Gasteiger partial charge in [-0.05, 0) is 0 Å². The van der Waals surface area contributed by atoms with Crippen LogP contribution in [0.1, 0.15) is 0 Å². The van der Waals surface area contributed by atoms with Gasteiger partial charge in [0.15, 0.2) is 0 Å². The van der Waals surface area contributed by atoms with E-state index in [2.05, 4.69) is 4.74 Å². The van der Waals surface area contributed by atoms with Gasteiger partial charge in [0.2, 0.25) is 0 Å². The second kappa shape index (κ2) is 9.91. The Bertz CT molecular complexity index is 202. The van der Waals surface area contributed by atoms with Crippen molar-refractivity contribution in [3.63, 3.8) is 0 Å². The molecule has 0 radical (unpaired) electrons. The van der Waals surface area contributed by atoms with E-state index in [0.29, 0.717) is 0 Å². The van der Waals surface area contributed by atoms with Gasteiger partial charge in [-0.3, -0.25) is 0 Å². The molecule has 0 aliphatic rings. The number of ether oxygens (including phenoxy) is 1. The van der Waals surface area contributed by atoms with Gasteiger partial charge in [-0.1, -0.05) is 0 Å². The second-order valence-corrected chi connectivity index (χ2v) is 1.72. The van der Waals surface area contributed by atoms with Crippen LogP contribution in [0.5, 0.6) is 0 Å². The third-order valence-corrected chi connectivity index (χ3v) is 0.802. The van der Waals surface area contributed by atoms with Gasteiger partial charge in [-0.25, -0.2) is 4.79 Å². The fourth-order valence-electron chi connectivity index (χ4n) is 0.387. The van der Waals surface area contributed by atoms with Gasteiger partial charge < -0.3 is 29.6 Å². The number of hydrogen-bond acceptors (Lipinski definition) is 6. The Balaban J connectivity index is -0.000000605. The predicted molar refractivity (Wildman–Crippen MR) is 27.4 cm³/mol. The number of aliphatic carboxylic acids is 3. The number of hydrogen-bond donors (Lipinski definition) is 1. The number of carbonyl (C=O) groups excluding carboxylic acids is 2. The summed E-state index contributed by atoms with van der Waals surface area (Å²) in [4.78, 5) is 29.6. The van der Waals surface area contributed by atoms with E-state index in [0.717, 1.165) is 0 Å². The van der Waals surface area contributed by atoms with Crippen LogP contribution in [0.4, 0.5) is 0 Å². The maximum Gasteiger partial charge on any atom is 1.00 e. The molecule has 0 aromatic rings. The Morgan fingerprint density at radius 1 is 1.14 bits per heavy atom. The molecule has 0 amide bonds. The van der Waals surface area contributed by atoms with Crippen LogP contribution in [0.3, 0.4) is 0 Å². The molecule has 0 bridgehead atoms. The first-order valence-electron chi connectivity index (χ1n) is 2.70. The molecule has 0 aromatic heterocycles. The first kappa shape index (κ1) is 19.9. The van der Waals surface area contributed by atoms with Crippen molar-refractivity contribution < 1.29 is 93.6 Å². The minimum atomic E-state index is -2.35. The summed E-state index contributed by atoms with van der Waals surface area (Å²) in [5.74, 6) is -5.57. The molecule has 9 heteroatoms. The molecule has 0 unspecified atom stereocenters. The van der Waals surface area contributed by atoms with Crippen LogP contribution in [0.25, 0.3) is 0 Å². The number of carboxylic acid groups (broad SMARTS) is 3. The summed E-state index contributed by atoms with van der Waals surface area (Å²) in [5, 5.41) is 27.8. The largest absolute Gasteiger partial charge is 1.00 e. The minimum Gasteiger partial charge on any atom is -0.547 e. The Kier molecular flexibility index (Phi) is 14.1. The van der Waals surface area contributed by atoms with Gasteiger partial charge in [0.05, 0.1) is 11.9 Å². The van der Waals surface area contributed by atoms with E-state index in [9.17, 15) is 24.6 Å². The summed E-state index contributed by atoms with van der Waals surface area (Å²) in [6, 6.07) is 0. The van der Waals surface area contributed by atoms with E-state index >= 15 is 0 Å². The van der Waals surface area contributed by atoms with E-state index in [1.165, 1.54) is 0 Å². The van der Waals surface area contributed by atoms with Gasteiger partial charge >= 0.3 is 65.1 Å².